The van der Waals surface area contributed by atoms with Crippen LogP contribution >= 0.6 is 0 Å². The maximum Gasteiger partial charge on any atom is 0.273 e. The molecule has 0 aromatic carbocycles. The van der Waals surface area contributed by atoms with Gasteiger partial charge in [-0.05, 0) is 37.3 Å². The van der Waals surface area contributed by atoms with Gasteiger partial charge in [0.2, 0.25) is 5.09 Å². The zero-order valence-corrected chi connectivity index (χ0v) is 11.3. The zero-order valence-electron chi connectivity index (χ0n) is 10.5. The van der Waals surface area contributed by atoms with Crippen LogP contribution < -0.4 is 4.72 Å². The number of sulfonamides is 1. The fourth-order valence-corrected chi connectivity index (χ4v) is 2.54. The third-order valence-electron chi connectivity index (χ3n) is 2.79. The van der Waals surface area contributed by atoms with E-state index in [-0.39, 0.29) is 17.4 Å². The van der Waals surface area contributed by atoms with Gasteiger partial charge < -0.3 is 9.15 Å². The molecule has 1 aromatic heterocycles. The Morgan fingerprint density at radius 2 is 2.21 bits per heavy atom. The van der Waals surface area contributed by atoms with Crippen molar-refractivity contribution in [2.24, 2.45) is 5.92 Å². The summed E-state index contributed by atoms with van der Waals surface area (Å²) in [7, 11) is -3.67. The predicted octanol–water partition coefficient (Wildman–Crippen LogP) is 1.19. The monoisotopic (exact) mass is 287 g/mol. The van der Waals surface area contributed by atoms with Crippen LogP contribution in [0.2, 0.25) is 0 Å². The van der Waals surface area contributed by atoms with E-state index < -0.39 is 10.0 Å². The molecule has 1 aromatic rings. The van der Waals surface area contributed by atoms with E-state index in [1.165, 1.54) is 25.0 Å². The van der Waals surface area contributed by atoms with Gasteiger partial charge in [0.05, 0.1) is 0 Å². The lowest BCUT2D eigenvalue weighted by Gasteiger charge is -2.05. The van der Waals surface area contributed by atoms with Crippen molar-refractivity contribution < 1.29 is 22.4 Å². The highest BCUT2D eigenvalue weighted by molar-refractivity contribution is 7.89. The lowest BCUT2D eigenvalue weighted by atomic mass is 10.4. The molecule has 0 spiro atoms. The molecular formula is C12H17NO5S. The first kappa shape index (κ1) is 14.2. The van der Waals surface area contributed by atoms with Crippen LogP contribution in [0.5, 0.6) is 0 Å². The van der Waals surface area contributed by atoms with Crippen LogP contribution in [0.1, 0.15) is 29.8 Å². The number of carbonyl (C=O) groups excluding carboxylic acids is 1. The lowest BCUT2D eigenvalue weighted by Crippen LogP contribution is -2.25. The number of hydrogen-bond acceptors (Lipinski definition) is 5. The molecule has 19 heavy (non-hydrogen) atoms. The number of nitrogens with one attached hydrogen (secondary N) is 1. The number of ether oxygens (including phenoxy) is 1. The number of rotatable bonds is 9. The van der Waals surface area contributed by atoms with Crippen molar-refractivity contribution >= 4 is 16.3 Å². The average Bonchev–Trinajstić information content (AvgIpc) is 3.07. The predicted molar refractivity (Wildman–Crippen MR) is 67.4 cm³/mol. The Hall–Kier alpha value is -1.18. The SMILES string of the molecule is O=Cc1ccc(S(=O)(=O)NCCCOCC2CC2)o1. The molecule has 1 heterocycles. The summed E-state index contributed by atoms with van der Waals surface area (Å²) >= 11 is 0. The standard InChI is InChI=1S/C12H17NO5S/c14-8-11-4-5-12(18-11)19(15,16)13-6-1-7-17-9-10-2-3-10/h4-5,8,10,13H,1-3,6-7,9H2. The summed E-state index contributed by atoms with van der Waals surface area (Å²) in [6, 6.07) is 2.58. The first-order valence-corrected chi connectivity index (χ1v) is 7.72. The molecule has 1 N–H and O–H groups in total. The molecular weight excluding hydrogens is 270 g/mol. The maximum absolute atomic E-state index is 11.8. The summed E-state index contributed by atoms with van der Waals surface area (Å²) in [6.45, 7) is 1.59. The summed E-state index contributed by atoms with van der Waals surface area (Å²) in [6.07, 6.45) is 3.55. The largest absolute Gasteiger partial charge is 0.440 e. The van der Waals surface area contributed by atoms with Crippen molar-refractivity contribution in [1.82, 2.24) is 4.72 Å². The molecule has 1 saturated carbocycles. The second-order valence-electron chi connectivity index (χ2n) is 4.54. The zero-order chi connectivity index (χ0) is 13.7. The molecule has 106 valence electrons. The highest BCUT2D eigenvalue weighted by Gasteiger charge is 2.21. The van der Waals surface area contributed by atoms with E-state index in [2.05, 4.69) is 4.72 Å². The van der Waals surface area contributed by atoms with Crippen molar-refractivity contribution in [2.45, 2.75) is 24.4 Å². The Morgan fingerprint density at radius 3 is 2.84 bits per heavy atom. The van der Waals surface area contributed by atoms with Gasteiger partial charge in [0.1, 0.15) is 0 Å². The Balaban J connectivity index is 1.69. The van der Waals surface area contributed by atoms with E-state index in [9.17, 15) is 13.2 Å². The van der Waals surface area contributed by atoms with E-state index in [0.717, 1.165) is 6.61 Å². The fourth-order valence-electron chi connectivity index (χ4n) is 1.53. The van der Waals surface area contributed by atoms with E-state index in [1.54, 1.807) is 0 Å². The Kier molecular flexibility index (Phi) is 4.73. The summed E-state index contributed by atoms with van der Waals surface area (Å²) in [5.74, 6) is 0.703. The van der Waals surface area contributed by atoms with Crippen LogP contribution in [-0.2, 0) is 14.8 Å². The molecule has 0 amide bonds. The van der Waals surface area contributed by atoms with Gasteiger partial charge in [0, 0.05) is 19.8 Å². The average molecular weight is 287 g/mol. The Bertz CT molecular complexity index is 518. The Labute approximate surface area is 112 Å². The minimum absolute atomic E-state index is 0.00635. The van der Waals surface area contributed by atoms with Crippen molar-refractivity contribution in [3.8, 4) is 0 Å². The number of aldehydes is 1. The van der Waals surface area contributed by atoms with Crippen LogP contribution in [0.3, 0.4) is 0 Å². The van der Waals surface area contributed by atoms with Crippen molar-refractivity contribution in [1.29, 1.82) is 0 Å². The minimum Gasteiger partial charge on any atom is -0.440 e. The molecule has 1 aliphatic carbocycles. The molecule has 0 saturated heterocycles. The first-order valence-electron chi connectivity index (χ1n) is 6.24. The van der Waals surface area contributed by atoms with Gasteiger partial charge in [0.25, 0.3) is 10.0 Å². The van der Waals surface area contributed by atoms with Gasteiger partial charge >= 0.3 is 0 Å². The summed E-state index contributed by atoms with van der Waals surface area (Å²) in [4.78, 5) is 10.4. The van der Waals surface area contributed by atoms with Gasteiger partial charge in [-0.25, -0.2) is 13.1 Å². The van der Waals surface area contributed by atoms with Crippen molar-refractivity contribution in [3.63, 3.8) is 0 Å². The van der Waals surface area contributed by atoms with Gasteiger partial charge in [0.15, 0.2) is 12.0 Å². The highest BCUT2D eigenvalue weighted by atomic mass is 32.2. The van der Waals surface area contributed by atoms with Crippen LogP contribution in [0, 0.1) is 5.92 Å². The molecule has 1 aliphatic rings. The Morgan fingerprint density at radius 1 is 1.42 bits per heavy atom. The van der Waals surface area contributed by atoms with Gasteiger partial charge in [-0.15, -0.1) is 0 Å². The van der Waals surface area contributed by atoms with Gasteiger partial charge in [-0.1, -0.05) is 0 Å². The van der Waals surface area contributed by atoms with Crippen LogP contribution in [0.15, 0.2) is 21.6 Å². The molecule has 0 aliphatic heterocycles. The summed E-state index contributed by atoms with van der Waals surface area (Å²) in [5.41, 5.74) is 0. The van der Waals surface area contributed by atoms with E-state index >= 15 is 0 Å². The lowest BCUT2D eigenvalue weighted by molar-refractivity contribution is 0.109. The van der Waals surface area contributed by atoms with E-state index in [4.69, 9.17) is 9.15 Å². The van der Waals surface area contributed by atoms with Gasteiger partial charge in [-0.3, -0.25) is 4.79 Å². The van der Waals surface area contributed by atoms with E-state index in [1.807, 2.05) is 0 Å². The molecule has 0 bridgehead atoms. The highest BCUT2D eigenvalue weighted by Crippen LogP contribution is 2.28. The summed E-state index contributed by atoms with van der Waals surface area (Å²) in [5, 5.41) is -0.242. The smallest absolute Gasteiger partial charge is 0.273 e. The third-order valence-corrected chi connectivity index (χ3v) is 4.12. The summed E-state index contributed by atoms with van der Waals surface area (Å²) < 4.78 is 36.2. The topological polar surface area (TPSA) is 85.6 Å². The van der Waals surface area contributed by atoms with Crippen molar-refractivity contribution in [3.05, 3.63) is 17.9 Å². The molecule has 0 radical (unpaired) electrons. The minimum atomic E-state index is -3.67. The second-order valence-corrected chi connectivity index (χ2v) is 6.24. The van der Waals surface area contributed by atoms with Crippen LogP contribution in [0.25, 0.3) is 0 Å². The number of carbonyl (C=O) groups is 1. The quantitative estimate of drug-likeness (QED) is 0.544. The molecule has 7 heteroatoms. The molecule has 6 nitrogen and oxygen atoms in total. The molecule has 1 fully saturated rings. The van der Waals surface area contributed by atoms with Crippen molar-refractivity contribution in [2.75, 3.05) is 19.8 Å². The number of furan rings is 1. The molecule has 2 rings (SSSR count). The normalized spacial score (nSPS) is 15.6. The number of hydrogen-bond donors (Lipinski definition) is 1. The maximum atomic E-state index is 11.8. The first-order chi connectivity index (χ1) is 9.12. The van der Waals surface area contributed by atoms with Crippen LogP contribution in [0.4, 0.5) is 0 Å². The van der Waals surface area contributed by atoms with Gasteiger partial charge in [-0.2, -0.15) is 0 Å². The molecule has 0 unspecified atom stereocenters. The fraction of sp³-hybridized carbons (Fsp3) is 0.583. The van der Waals surface area contributed by atoms with E-state index in [0.29, 0.717) is 25.2 Å². The van der Waals surface area contributed by atoms with Crippen LogP contribution in [-0.4, -0.2) is 34.5 Å². The second kappa shape index (κ2) is 6.31. The molecule has 0 atom stereocenters. The third kappa shape index (κ3) is 4.45.